The van der Waals surface area contributed by atoms with Crippen LogP contribution in [-0.2, 0) is 5.60 Å². The van der Waals surface area contributed by atoms with Crippen LogP contribution in [0.4, 0.5) is 26.3 Å². The van der Waals surface area contributed by atoms with Gasteiger partial charge in [-0.25, -0.2) is 0 Å². The van der Waals surface area contributed by atoms with E-state index in [1.807, 2.05) is 36.4 Å². The molecule has 0 saturated heterocycles. The summed E-state index contributed by atoms with van der Waals surface area (Å²) in [5.74, 6) is 1.46. The monoisotopic (exact) mass is 874 g/mol. The third-order valence-electron chi connectivity index (χ3n) is 11.4. The van der Waals surface area contributed by atoms with Gasteiger partial charge in [-0.15, -0.1) is 0 Å². The number of aliphatic hydroxyl groups is 1. The zero-order chi connectivity index (χ0) is 43.2. The van der Waals surface area contributed by atoms with Gasteiger partial charge in [-0.1, -0.05) is 179 Å². The Kier molecular flexibility index (Phi) is 15.5. The van der Waals surface area contributed by atoms with Crippen molar-refractivity contribution in [1.29, 1.82) is 0 Å². The predicted octanol–water partition coefficient (Wildman–Crippen LogP) is 14.1. The number of hydrogen-bond donors (Lipinski definition) is 1. The second-order valence-electron chi connectivity index (χ2n) is 19.8. The van der Waals surface area contributed by atoms with Crippen LogP contribution in [0, 0.1) is 5.92 Å². The molecule has 4 rings (SSSR count). The largest absolute Gasteiger partial charge is 0.490 e. The van der Waals surface area contributed by atoms with E-state index < -0.39 is 55.8 Å². The normalized spacial score (nSPS) is 17.9. The van der Waals surface area contributed by atoms with Crippen molar-refractivity contribution in [3.63, 3.8) is 0 Å². The molecule has 1 aliphatic carbocycles. The van der Waals surface area contributed by atoms with E-state index in [0.29, 0.717) is 23.6 Å². The molecule has 1 aliphatic rings. The summed E-state index contributed by atoms with van der Waals surface area (Å²) in [6, 6.07) is 24.7. The zero-order valence-electron chi connectivity index (χ0n) is 35.7. The van der Waals surface area contributed by atoms with Crippen molar-refractivity contribution < 1.29 is 36.2 Å². The molecule has 0 aromatic heterocycles. The maximum atomic E-state index is 13.4. The lowest BCUT2D eigenvalue weighted by atomic mass is 9.87. The van der Waals surface area contributed by atoms with Gasteiger partial charge < -0.3 is 9.84 Å². The van der Waals surface area contributed by atoms with Crippen molar-refractivity contribution in [1.82, 2.24) is 0 Å². The Morgan fingerprint density at radius 1 is 0.655 bits per heavy atom. The average Bonchev–Trinajstić information content (AvgIpc) is 3.12. The quantitative estimate of drug-likeness (QED) is 0.108. The minimum atomic E-state index is -5.91. The topological polar surface area (TPSA) is 29.5 Å². The van der Waals surface area contributed by atoms with Crippen molar-refractivity contribution in [2.24, 2.45) is 5.92 Å². The summed E-state index contributed by atoms with van der Waals surface area (Å²) in [4.78, 5) is 0. The molecular formula is C46H64F6O2Si4. The predicted molar refractivity (Wildman–Crippen MR) is 243 cm³/mol. The minimum absolute atomic E-state index is 0.249. The van der Waals surface area contributed by atoms with Crippen LogP contribution >= 0.6 is 0 Å². The summed E-state index contributed by atoms with van der Waals surface area (Å²) in [5, 5.41) is 11.3. The molecule has 0 atom stereocenters. The van der Waals surface area contributed by atoms with Crippen molar-refractivity contribution in [2.75, 3.05) is 0 Å². The Labute approximate surface area is 347 Å². The number of benzene rings is 3. The van der Waals surface area contributed by atoms with E-state index in [1.54, 1.807) is 11.3 Å². The fourth-order valence-corrected chi connectivity index (χ4v) is 36.3. The molecule has 0 bridgehead atoms. The molecule has 58 heavy (non-hydrogen) atoms. The molecule has 0 amide bonds. The third kappa shape index (κ3) is 13.3. The first kappa shape index (κ1) is 47.8. The van der Waals surface area contributed by atoms with E-state index in [2.05, 4.69) is 95.4 Å². The molecule has 3 aromatic rings. The van der Waals surface area contributed by atoms with Gasteiger partial charge in [0.1, 0.15) is 5.75 Å². The first-order chi connectivity index (χ1) is 26.7. The molecule has 12 heteroatoms. The Hall–Kier alpha value is -2.91. The second kappa shape index (κ2) is 18.8. The molecule has 318 valence electrons. The van der Waals surface area contributed by atoms with Crippen LogP contribution < -0.4 is 9.92 Å². The van der Waals surface area contributed by atoms with Gasteiger partial charge in [0, 0.05) is 21.7 Å². The maximum absolute atomic E-state index is 13.4. The molecule has 2 nitrogen and oxygen atoms in total. The number of rotatable bonds is 17. The Morgan fingerprint density at radius 3 is 1.62 bits per heavy atom. The van der Waals surface area contributed by atoms with Crippen molar-refractivity contribution in [2.45, 2.75) is 132 Å². The van der Waals surface area contributed by atoms with Crippen molar-refractivity contribution >= 4 is 55.7 Å². The van der Waals surface area contributed by atoms with Crippen LogP contribution in [-0.4, -0.2) is 55.9 Å². The highest BCUT2D eigenvalue weighted by molar-refractivity contribution is 7.09. The van der Waals surface area contributed by atoms with Gasteiger partial charge in [0.15, 0.2) is 0 Å². The summed E-state index contributed by atoms with van der Waals surface area (Å²) in [5.41, 5.74) is -0.691. The lowest BCUT2D eigenvalue weighted by molar-refractivity contribution is -0.376. The molecular weight excluding hydrogens is 811 g/mol. The molecule has 0 unspecified atom stereocenters. The van der Waals surface area contributed by atoms with Crippen LogP contribution in [0.2, 0.25) is 81.8 Å². The van der Waals surface area contributed by atoms with Crippen LogP contribution in [0.25, 0.3) is 18.2 Å². The SMILES string of the molecule is C=Cc1ccc(OC2CCC(/C=C/c3ccc([Si](CC[Si](C)(C)C/C=C/c4ccc(C(O)(C(F)(F)F)C(F)(F)F)cc4)(C[Si](C)(C)C)C[Si](C)(C)C)cc3)CC2)cc1. The van der Waals surface area contributed by atoms with Crippen molar-refractivity contribution in [3.8, 4) is 5.75 Å². The Morgan fingerprint density at radius 2 is 1.14 bits per heavy atom. The Balaban J connectivity index is 1.45. The highest BCUT2D eigenvalue weighted by atomic mass is 28.4. The average molecular weight is 875 g/mol. The van der Waals surface area contributed by atoms with Crippen LogP contribution in [0.15, 0.2) is 91.5 Å². The summed E-state index contributed by atoms with van der Waals surface area (Å²) in [6.45, 7) is 23.6. The summed E-state index contributed by atoms with van der Waals surface area (Å²) >= 11 is 0. The molecule has 0 aliphatic heterocycles. The lowest BCUT2D eigenvalue weighted by Gasteiger charge is -2.42. The number of halogens is 6. The number of ether oxygens (including phenoxy) is 1. The third-order valence-corrected chi connectivity index (χ3v) is 31.5. The highest BCUT2D eigenvalue weighted by Crippen LogP contribution is 2.50. The number of hydrogen-bond acceptors (Lipinski definition) is 2. The van der Waals surface area contributed by atoms with Gasteiger partial charge in [0.25, 0.3) is 5.60 Å². The molecule has 0 spiro atoms. The fourth-order valence-electron chi connectivity index (χ4n) is 8.60. The maximum Gasteiger partial charge on any atom is 0.430 e. The summed E-state index contributed by atoms with van der Waals surface area (Å²) in [6.07, 6.45) is 3.06. The molecule has 1 saturated carbocycles. The van der Waals surface area contributed by atoms with E-state index >= 15 is 0 Å². The smallest absolute Gasteiger partial charge is 0.430 e. The van der Waals surface area contributed by atoms with Crippen LogP contribution in [0.1, 0.15) is 47.9 Å². The van der Waals surface area contributed by atoms with Crippen LogP contribution in [0.5, 0.6) is 5.75 Å². The lowest BCUT2D eigenvalue weighted by Crippen LogP contribution is -2.57. The van der Waals surface area contributed by atoms with Gasteiger partial charge in [-0.2, -0.15) is 26.3 Å². The van der Waals surface area contributed by atoms with E-state index in [4.69, 9.17) is 4.74 Å². The van der Waals surface area contributed by atoms with Crippen LogP contribution in [0.3, 0.4) is 0 Å². The van der Waals surface area contributed by atoms with Gasteiger partial charge in [0.05, 0.1) is 22.3 Å². The molecule has 0 radical (unpaired) electrons. The van der Waals surface area contributed by atoms with Gasteiger partial charge >= 0.3 is 12.4 Å². The van der Waals surface area contributed by atoms with E-state index in [1.165, 1.54) is 35.1 Å². The van der Waals surface area contributed by atoms with Gasteiger partial charge in [0.2, 0.25) is 0 Å². The zero-order valence-corrected chi connectivity index (χ0v) is 39.7. The molecule has 1 N–H and O–H groups in total. The van der Waals surface area contributed by atoms with Crippen molar-refractivity contribution in [3.05, 3.63) is 114 Å². The van der Waals surface area contributed by atoms with Gasteiger partial charge in [-0.3, -0.25) is 0 Å². The van der Waals surface area contributed by atoms with E-state index in [0.717, 1.165) is 49.1 Å². The highest BCUT2D eigenvalue weighted by Gasteiger charge is 2.71. The number of allylic oxidation sites excluding steroid dienone is 2. The van der Waals surface area contributed by atoms with E-state index in [-0.39, 0.29) is 6.10 Å². The summed E-state index contributed by atoms with van der Waals surface area (Å²) in [7, 11) is -6.69. The van der Waals surface area contributed by atoms with E-state index in [9.17, 15) is 31.4 Å². The first-order valence-corrected chi connectivity index (χ1v) is 34.0. The minimum Gasteiger partial charge on any atom is -0.490 e. The standard InChI is InChI=1S/C46H64F6O2Si4/c1-10-36-17-25-41(26-18-36)54-42-27-19-38(20-28-42)13-14-39-21-29-43(30-22-39)58(34-55(2,3)4,35-56(5,6)7)33-32-57(8,9)31-11-12-37-15-23-40(24-16-37)44(53,45(47,48)49)46(50,51)52/h10-18,21-26,29-30,38,42,53H,1,19-20,27-28,31-35H2,2-9H3/b12-11+,14-13+. The molecule has 3 aromatic carbocycles. The fraction of sp³-hybridized carbons (Fsp3) is 0.478. The Bertz CT molecular complexity index is 1800. The van der Waals surface area contributed by atoms with Gasteiger partial charge in [-0.05, 0) is 66.5 Å². The second-order valence-corrected chi connectivity index (χ2v) is 41.7. The number of alkyl halides is 6. The summed E-state index contributed by atoms with van der Waals surface area (Å²) < 4.78 is 86.5. The molecule has 0 heterocycles. The first-order valence-electron chi connectivity index (χ1n) is 20.6. The molecule has 1 fully saturated rings.